The Morgan fingerprint density at radius 1 is 1.24 bits per heavy atom. The molecular formula is C15H23N3O3. The molecule has 2 N–H and O–H groups in total. The minimum absolute atomic E-state index is 0.0787. The molecule has 0 aliphatic carbocycles. The van der Waals surface area contributed by atoms with Crippen molar-refractivity contribution in [2.24, 2.45) is 0 Å². The van der Waals surface area contributed by atoms with Crippen LogP contribution in [0.15, 0.2) is 18.2 Å². The fourth-order valence-corrected chi connectivity index (χ4v) is 1.99. The van der Waals surface area contributed by atoms with E-state index in [9.17, 15) is 4.79 Å². The number of likely N-dealkylation sites (N-methyl/N-ethyl adjacent to an activating group) is 1. The molecule has 21 heavy (non-hydrogen) atoms. The van der Waals surface area contributed by atoms with Crippen LogP contribution < -0.4 is 20.1 Å². The lowest BCUT2D eigenvalue weighted by atomic mass is 10.2. The van der Waals surface area contributed by atoms with Crippen LogP contribution in [0, 0.1) is 0 Å². The molecular weight excluding hydrogens is 270 g/mol. The summed E-state index contributed by atoms with van der Waals surface area (Å²) < 4.78 is 10.6. The molecule has 0 atom stereocenters. The van der Waals surface area contributed by atoms with Crippen LogP contribution in [0.4, 0.5) is 0 Å². The van der Waals surface area contributed by atoms with Gasteiger partial charge in [-0.25, -0.2) is 0 Å². The number of benzene rings is 1. The Bertz CT molecular complexity index is 477. The van der Waals surface area contributed by atoms with E-state index in [2.05, 4.69) is 10.6 Å². The van der Waals surface area contributed by atoms with Crippen molar-refractivity contribution in [1.29, 1.82) is 0 Å². The maximum absolute atomic E-state index is 11.6. The predicted molar refractivity (Wildman–Crippen MR) is 80.5 cm³/mol. The zero-order chi connectivity index (χ0) is 15.1. The maximum Gasteiger partial charge on any atom is 0.231 e. The van der Waals surface area contributed by atoms with E-state index in [0.29, 0.717) is 32.8 Å². The minimum atomic E-state index is 0.0787. The fourth-order valence-electron chi connectivity index (χ4n) is 1.99. The highest BCUT2D eigenvalue weighted by atomic mass is 16.7. The summed E-state index contributed by atoms with van der Waals surface area (Å²) >= 11 is 0. The van der Waals surface area contributed by atoms with Crippen LogP contribution in [0.3, 0.4) is 0 Å². The van der Waals surface area contributed by atoms with Crippen LogP contribution in [-0.2, 0) is 11.3 Å². The smallest absolute Gasteiger partial charge is 0.231 e. The Labute approximate surface area is 125 Å². The summed E-state index contributed by atoms with van der Waals surface area (Å²) in [5.74, 6) is 1.66. The first-order valence-electron chi connectivity index (χ1n) is 7.16. The highest BCUT2D eigenvalue weighted by Crippen LogP contribution is 2.32. The highest BCUT2D eigenvalue weighted by molar-refractivity contribution is 5.76. The van der Waals surface area contributed by atoms with E-state index in [1.165, 1.54) is 0 Å². The summed E-state index contributed by atoms with van der Waals surface area (Å²) in [6.45, 7) is 3.20. The number of hydrogen-bond acceptors (Lipinski definition) is 5. The Morgan fingerprint density at radius 2 is 2.05 bits per heavy atom. The van der Waals surface area contributed by atoms with Crippen LogP contribution in [0.2, 0.25) is 0 Å². The number of hydrogen-bond donors (Lipinski definition) is 2. The summed E-state index contributed by atoms with van der Waals surface area (Å²) in [5.41, 5.74) is 1.12. The van der Waals surface area contributed by atoms with Crippen LogP contribution in [0.25, 0.3) is 0 Å². The number of fused-ring (bicyclic) bond motifs is 1. The van der Waals surface area contributed by atoms with Crippen molar-refractivity contribution < 1.29 is 14.3 Å². The number of nitrogens with zero attached hydrogens (tertiary/aromatic N) is 1. The van der Waals surface area contributed by atoms with Crippen LogP contribution in [0.1, 0.15) is 12.0 Å². The molecule has 1 aliphatic rings. The zero-order valence-electron chi connectivity index (χ0n) is 12.6. The number of amides is 1. The van der Waals surface area contributed by atoms with Crippen molar-refractivity contribution in [2.45, 2.75) is 13.0 Å². The van der Waals surface area contributed by atoms with E-state index < -0.39 is 0 Å². The molecule has 6 nitrogen and oxygen atoms in total. The topological polar surface area (TPSA) is 62.8 Å². The molecule has 2 rings (SSSR count). The van der Waals surface area contributed by atoms with Crippen LogP contribution in [0.5, 0.6) is 11.5 Å². The third-order valence-corrected chi connectivity index (χ3v) is 3.18. The standard InChI is InChI=1S/C15H23N3O3/c1-18(2)8-7-17-15(19)5-6-16-10-12-3-4-13-14(9-12)21-11-20-13/h3-4,9,16H,5-8,10-11H2,1-2H3,(H,17,19). The quantitative estimate of drug-likeness (QED) is 0.686. The Morgan fingerprint density at radius 3 is 2.86 bits per heavy atom. The second-order valence-electron chi connectivity index (χ2n) is 5.27. The Balaban J connectivity index is 1.60. The third kappa shape index (κ3) is 5.24. The summed E-state index contributed by atoms with van der Waals surface area (Å²) in [5, 5.41) is 6.14. The van der Waals surface area contributed by atoms with Gasteiger partial charge in [0.15, 0.2) is 11.5 Å². The molecule has 1 aromatic carbocycles. The van der Waals surface area contributed by atoms with Crippen LogP contribution in [-0.4, -0.2) is 51.3 Å². The first-order chi connectivity index (χ1) is 10.1. The van der Waals surface area contributed by atoms with Crippen molar-refractivity contribution in [1.82, 2.24) is 15.5 Å². The molecule has 0 radical (unpaired) electrons. The van der Waals surface area contributed by atoms with Gasteiger partial charge in [-0.2, -0.15) is 0 Å². The average Bonchev–Trinajstić information content (AvgIpc) is 2.90. The SMILES string of the molecule is CN(C)CCNC(=O)CCNCc1ccc2c(c1)OCO2. The molecule has 0 spiro atoms. The lowest BCUT2D eigenvalue weighted by Crippen LogP contribution is -2.33. The van der Waals surface area contributed by atoms with E-state index >= 15 is 0 Å². The molecule has 0 saturated heterocycles. The molecule has 1 heterocycles. The normalized spacial score (nSPS) is 12.7. The molecule has 0 unspecified atom stereocenters. The molecule has 0 bridgehead atoms. The summed E-state index contributed by atoms with van der Waals surface area (Å²) in [7, 11) is 3.97. The van der Waals surface area contributed by atoms with Gasteiger partial charge in [-0.05, 0) is 31.8 Å². The van der Waals surface area contributed by atoms with E-state index in [-0.39, 0.29) is 5.91 Å². The van der Waals surface area contributed by atoms with Gasteiger partial charge in [-0.3, -0.25) is 4.79 Å². The van der Waals surface area contributed by atoms with E-state index in [1.807, 2.05) is 37.2 Å². The van der Waals surface area contributed by atoms with Crippen molar-refractivity contribution in [3.05, 3.63) is 23.8 Å². The largest absolute Gasteiger partial charge is 0.454 e. The summed E-state index contributed by atoms with van der Waals surface area (Å²) in [6.07, 6.45) is 0.484. The lowest BCUT2D eigenvalue weighted by Gasteiger charge is -2.10. The van der Waals surface area contributed by atoms with E-state index in [4.69, 9.17) is 9.47 Å². The second-order valence-corrected chi connectivity index (χ2v) is 5.27. The van der Waals surface area contributed by atoms with Gasteiger partial charge in [0.1, 0.15) is 0 Å². The van der Waals surface area contributed by atoms with Gasteiger partial charge in [0.05, 0.1) is 0 Å². The van der Waals surface area contributed by atoms with Gasteiger partial charge in [0.2, 0.25) is 12.7 Å². The van der Waals surface area contributed by atoms with Crippen LogP contribution >= 0.6 is 0 Å². The predicted octanol–water partition coefficient (Wildman–Crippen LogP) is 0.573. The molecule has 0 saturated carbocycles. The fraction of sp³-hybridized carbons (Fsp3) is 0.533. The maximum atomic E-state index is 11.6. The first kappa shape index (κ1) is 15.6. The number of carbonyl (C=O) groups is 1. The van der Waals surface area contributed by atoms with Crippen molar-refractivity contribution in [3.8, 4) is 11.5 Å². The minimum Gasteiger partial charge on any atom is -0.454 e. The average molecular weight is 293 g/mol. The van der Waals surface area contributed by atoms with Gasteiger partial charge >= 0.3 is 0 Å². The molecule has 1 aliphatic heterocycles. The summed E-state index contributed by atoms with van der Waals surface area (Å²) in [6, 6.07) is 5.87. The van der Waals surface area contributed by atoms with Gasteiger partial charge < -0.3 is 25.0 Å². The Hall–Kier alpha value is -1.79. The lowest BCUT2D eigenvalue weighted by molar-refractivity contribution is -0.121. The van der Waals surface area contributed by atoms with Crippen molar-refractivity contribution in [3.63, 3.8) is 0 Å². The summed E-state index contributed by atoms with van der Waals surface area (Å²) in [4.78, 5) is 13.6. The van der Waals surface area contributed by atoms with E-state index in [0.717, 1.165) is 23.6 Å². The third-order valence-electron chi connectivity index (χ3n) is 3.18. The molecule has 116 valence electrons. The monoisotopic (exact) mass is 293 g/mol. The first-order valence-corrected chi connectivity index (χ1v) is 7.16. The zero-order valence-corrected chi connectivity index (χ0v) is 12.6. The number of nitrogens with one attached hydrogen (secondary N) is 2. The van der Waals surface area contributed by atoms with Crippen molar-refractivity contribution in [2.75, 3.05) is 40.5 Å². The van der Waals surface area contributed by atoms with Gasteiger partial charge in [0.25, 0.3) is 0 Å². The number of rotatable bonds is 8. The van der Waals surface area contributed by atoms with Gasteiger partial charge in [-0.1, -0.05) is 6.07 Å². The Kier molecular flexibility index (Phi) is 5.83. The second kappa shape index (κ2) is 7.85. The highest BCUT2D eigenvalue weighted by Gasteiger charge is 2.12. The molecule has 0 aromatic heterocycles. The van der Waals surface area contributed by atoms with Gasteiger partial charge in [-0.15, -0.1) is 0 Å². The van der Waals surface area contributed by atoms with Gasteiger partial charge in [0, 0.05) is 32.6 Å². The molecule has 6 heteroatoms. The number of carbonyl (C=O) groups excluding carboxylic acids is 1. The molecule has 0 fully saturated rings. The van der Waals surface area contributed by atoms with Crippen molar-refractivity contribution >= 4 is 5.91 Å². The van der Waals surface area contributed by atoms with E-state index in [1.54, 1.807) is 0 Å². The molecule has 1 amide bonds. The molecule has 1 aromatic rings. The number of ether oxygens (including phenoxy) is 2.